The lowest BCUT2D eigenvalue weighted by molar-refractivity contribution is -0.105. The minimum absolute atomic E-state index is 0.250. The summed E-state index contributed by atoms with van der Waals surface area (Å²) in [6.07, 6.45) is 11.6. The number of carbonyl (C=O) groups excluding carboxylic acids is 1. The zero-order valence-corrected chi connectivity index (χ0v) is 14.4. The van der Waals surface area contributed by atoms with E-state index in [-0.39, 0.29) is 5.41 Å². The van der Waals surface area contributed by atoms with Crippen LogP contribution in [0.3, 0.4) is 0 Å². The van der Waals surface area contributed by atoms with E-state index in [0.717, 1.165) is 25.5 Å². The highest BCUT2D eigenvalue weighted by Crippen LogP contribution is 2.61. The standard InChI is InChI=1S/C20H30O2/c1-14-6-5-7-15(2)9-11-19(22)16(13-21)12-18-17(10-8-14)20(18,3)4/h6,9,12-13,17-19,22H,5,7-8,10-11H2,1-4H3/b14-6-,15-9-,16-12-/t17-,18-,19+/m1/s1. The molecule has 1 saturated carbocycles. The van der Waals surface area contributed by atoms with Crippen molar-refractivity contribution < 1.29 is 9.90 Å². The number of carbonyl (C=O) groups is 1. The Labute approximate surface area is 135 Å². The molecule has 1 N–H and O–H groups in total. The third-order valence-corrected chi connectivity index (χ3v) is 5.60. The Morgan fingerprint density at radius 2 is 1.86 bits per heavy atom. The summed E-state index contributed by atoms with van der Waals surface area (Å²) in [5, 5.41) is 10.3. The monoisotopic (exact) mass is 302 g/mol. The minimum Gasteiger partial charge on any atom is -0.388 e. The highest BCUT2D eigenvalue weighted by molar-refractivity contribution is 5.75. The van der Waals surface area contributed by atoms with Gasteiger partial charge in [0, 0.05) is 5.57 Å². The van der Waals surface area contributed by atoms with Crippen LogP contribution in [0.5, 0.6) is 0 Å². The summed E-state index contributed by atoms with van der Waals surface area (Å²) in [7, 11) is 0. The van der Waals surface area contributed by atoms with Gasteiger partial charge in [-0.15, -0.1) is 0 Å². The van der Waals surface area contributed by atoms with Crippen LogP contribution in [-0.4, -0.2) is 17.5 Å². The van der Waals surface area contributed by atoms with Crippen molar-refractivity contribution in [3.63, 3.8) is 0 Å². The van der Waals surface area contributed by atoms with Gasteiger partial charge in [-0.05, 0) is 63.2 Å². The summed E-state index contributed by atoms with van der Waals surface area (Å²) in [6, 6.07) is 0. The van der Waals surface area contributed by atoms with E-state index in [4.69, 9.17) is 0 Å². The van der Waals surface area contributed by atoms with Crippen molar-refractivity contribution in [1.29, 1.82) is 0 Å². The minimum atomic E-state index is -0.662. The van der Waals surface area contributed by atoms with Gasteiger partial charge >= 0.3 is 0 Å². The molecule has 2 aliphatic rings. The summed E-state index contributed by atoms with van der Waals surface area (Å²) >= 11 is 0. The van der Waals surface area contributed by atoms with E-state index in [0.29, 0.717) is 23.8 Å². The van der Waals surface area contributed by atoms with E-state index in [9.17, 15) is 9.90 Å². The maximum absolute atomic E-state index is 11.4. The van der Waals surface area contributed by atoms with Gasteiger partial charge in [0.05, 0.1) is 6.10 Å². The molecule has 0 saturated heterocycles. The second-order valence-corrected chi connectivity index (χ2v) is 7.67. The van der Waals surface area contributed by atoms with Crippen LogP contribution < -0.4 is 0 Å². The number of rotatable bonds is 1. The van der Waals surface area contributed by atoms with Gasteiger partial charge in [-0.25, -0.2) is 0 Å². The molecule has 0 aromatic rings. The van der Waals surface area contributed by atoms with E-state index >= 15 is 0 Å². The molecule has 0 amide bonds. The highest BCUT2D eigenvalue weighted by Gasteiger charge is 2.55. The van der Waals surface area contributed by atoms with Gasteiger partial charge < -0.3 is 5.11 Å². The number of aliphatic hydroxyl groups excluding tert-OH is 1. The Hall–Kier alpha value is -1.15. The number of aliphatic hydroxyl groups is 1. The molecule has 1 fully saturated rings. The second-order valence-electron chi connectivity index (χ2n) is 7.67. The van der Waals surface area contributed by atoms with E-state index in [1.807, 2.05) is 6.08 Å². The van der Waals surface area contributed by atoms with E-state index in [1.54, 1.807) is 0 Å². The van der Waals surface area contributed by atoms with Crippen LogP contribution in [-0.2, 0) is 4.79 Å². The first kappa shape index (κ1) is 17.2. The summed E-state index contributed by atoms with van der Waals surface area (Å²) in [4.78, 5) is 11.4. The molecule has 0 aliphatic heterocycles. The maximum atomic E-state index is 11.4. The molecule has 2 nitrogen and oxygen atoms in total. The average Bonchev–Trinajstić information content (AvgIpc) is 2.99. The summed E-state index contributed by atoms with van der Waals surface area (Å²) in [5.41, 5.74) is 3.58. The Bertz CT molecular complexity index is 508. The van der Waals surface area contributed by atoms with Crippen molar-refractivity contribution in [1.82, 2.24) is 0 Å². The number of fused-ring (bicyclic) bond motifs is 1. The predicted molar refractivity (Wildman–Crippen MR) is 91.5 cm³/mol. The maximum Gasteiger partial charge on any atom is 0.148 e. The first-order valence-electron chi connectivity index (χ1n) is 8.52. The molecule has 0 spiro atoms. The summed E-state index contributed by atoms with van der Waals surface area (Å²) < 4.78 is 0. The van der Waals surface area contributed by atoms with Gasteiger partial charge in [0.15, 0.2) is 0 Å². The Morgan fingerprint density at radius 3 is 2.55 bits per heavy atom. The van der Waals surface area contributed by atoms with Crippen molar-refractivity contribution in [2.45, 2.75) is 65.9 Å². The van der Waals surface area contributed by atoms with Crippen LogP contribution >= 0.6 is 0 Å². The molecule has 122 valence electrons. The van der Waals surface area contributed by atoms with E-state index in [1.165, 1.54) is 17.6 Å². The van der Waals surface area contributed by atoms with Crippen LogP contribution in [0, 0.1) is 17.3 Å². The van der Waals surface area contributed by atoms with Gasteiger partial charge in [0.25, 0.3) is 0 Å². The molecule has 2 rings (SSSR count). The average molecular weight is 302 g/mol. The smallest absolute Gasteiger partial charge is 0.148 e. The first-order valence-corrected chi connectivity index (χ1v) is 8.52. The first-order chi connectivity index (χ1) is 10.4. The highest BCUT2D eigenvalue weighted by atomic mass is 16.3. The lowest BCUT2D eigenvalue weighted by atomic mass is 10.0. The van der Waals surface area contributed by atoms with E-state index < -0.39 is 6.10 Å². The predicted octanol–water partition coefficient (Wildman–Crippen LogP) is 4.60. The molecule has 3 atom stereocenters. The van der Waals surface area contributed by atoms with Crippen molar-refractivity contribution in [2.24, 2.45) is 17.3 Å². The molecule has 2 heteroatoms. The number of hydrogen-bond acceptors (Lipinski definition) is 2. The lowest BCUT2D eigenvalue weighted by Gasteiger charge is -2.10. The molecule has 0 aromatic heterocycles. The number of allylic oxidation sites excluding steroid dienone is 4. The largest absolute Gasteiger partial charge is 0.388 e. The quantitative estimate of drug-likeness (QED) is 0.567. The molecule has 0 radical (unpaired) electrons. The van der Waals surface area contributed by atoms with Crippen molar-refractivity contribution >= 4 is 6.29 Å². The van der Waals surface area contributed by atoms with Crippen LogP contribution in [0.2, 0.25) is 0 Å². The van der Waals surface area contributed by atoms with Gasteiger partial charge in [0.2, 0.25) is 0 Å². The Balaban J connectivity index is 2.22. The third kappa shape index (κ3) is 3.98. The van der Waals surface area contributed by atoms with Crippen LogP contribution in [0.15, 0.2) is 34.9 Å². The van der Waals surface area contributed by atoms with Gasteiger partial charge in [-0.3, -0.25) is 4.79 Å². The SMILES string of the molecule is C/C1=C/C[C@H](O)/C(C=O)=C\[C@@H]2[C@@H](CC/C(C)=C\CC1)C2(C)C. The van der Waals surface area contributed by atoms with Crippen molar-refractivity contribution in [3.8, 4) is 0 Å². The zero-order chi connectivity index (χ0) is 16.3. The summed E-state index contributed by atoms with van der Waals surface area (Å²) in [5.74, 6) is 1.04. The van der Waals surface area contributed by atoms with Crippen molar-refractivity contribution in [3.05, 3.63) is 34.9 Å². The molecule has 0 unspecified atom stereocenters. The zero-order valence-electron chi connectivity index (χ0n) is 14.4. The molecule has 2 aliphatic carbocycles. The van der Waals surface area contributed by atoms with E-state index in [2.05, 4.69) is 39.8 Å². The normalized spacial score (nSPS) is 39.9. The molecule has 0 aromatic carbocycles. The molecule has 22 heavy (non-hydrogen) atoms. The fraction of sp³-hybridized carbons (Fsp3) is 0.650. The van der Waals surface area contributed by atoms with Crippen LogP contribution in [0.25, 0.3) is 0 Å². The molecule has 0 heterocycles. The third-order valence-electron chi connectivity index (χ3n) is 5.60. The van der Waals surface area contributed by atoms with Crippen molar-refractivity contribution in [2.75, 3.05) is 0 Å². The lowest BCUT2D eigenvalue weighted by Crippen LogP contribution is -2.11. The van der Waals surface area contributed by atoms with Gasteiger partial charge in [-0.1, -0.05) is 43.2 Å². The Morgan fingerprint density at radius 1 is 1.18 bits per heavy atom. The van der Waals surface area contributed by atoms with Crippen LogP contribution in [0.1, 0.15) is 59.8 Å². The second kappa shape index (κ2) is 6.95. The molecular weight excluding hydrogens is 272 g/mol. The Kier molecular flexibility index (Phi) is 5.44. The number of hydrogen-bond donors (Lipinski definition) is 1. The van der Waals surface area contributed by atoms with Crippen LogP contribution in [0.4, 0.5) is 0 Å². The topological polar surface area (TPSA) is 37.3 Å². The summed E-state index contributed by atoms with van der Waals surface area (Å²) in [6.45, 7) is 8.88. The fourth-order valence-electron chi connectivity index (χ4n) is 3.69. The number of aldehydes is 1. The molecule has 0 bridgehead atoms. The van der Waals surface area contributed by atoms with Gasteiger partial charge in [-0.2, -0.15) is 0 Å². The fourth-order valence-corrected chi connectivity index (χ4v) is 3.69. The molecular formula is C20H30O2. The van der Waals surface area contributed by atoms with Gasteiger partial charge in [0.1, 0.15) is 6.29 Å².